The van der Waals surface area contributed by atoms with Crippen LogP contribution in [-0.2, 0) is 13.0 Å². The molecule has 2 aromatic rings. The quantitative estimate of drug-likeness (QED) is 0.232. The summed E-state index contributed by atoms with van der Waals surface area (Å²) in [5, 5.41) is 14.4. The maximum absolute atomic E-state index is 11.1. The largest absolute Gasteiger partial charge is 0.352 e. The second kappa shape index (κ2) is 10.2. The van der Waals surface area contributed by atoms with Crippen molar-refractivity contribution in [1.29, 1.82) is 0 Å². The van der Waals surface area contributed by atoms with Crippen LogP contribution in [0.25, 0.3) is 0 Å². The van der Waals surface area contributed by atoms with Gasteiger partial charge in [-0.25, -0.2) is 0 Å². The van der Waals surface area contributed by atoms with Gasteiger partial charge in [0.25, 0.3) is 5.69 Å². The van der Waals surface area contributed by atoms with E-state index in [0.717, 1.165) is 31.9 Å². The smallest absolute Gasteiger partial charge is 0.274 e. The number of hydrogen-bond acceptors (Lipinski definition) is 3. The average molecular weight is 480 g/mol. The molecule has 1 heterocycles. The molecule has 0 amide bonds. The molecule has 1 N–H and O–H groups in total. The van der Waals surface area contributed by atoms with Crippen molar-refractivity contribution in [3.63, 3.8) is 0 Å². The van der Waals surface area contributed by atoms with E-state index in [1.54, 1.807) is 19.2 Å². The molecule has 1 atom stereocenters. The fourth-order valence-corrected chi connectivity index (χ4v) is 3.48. The second-order valence-corrected chi connectivity index (χ2v) is 6.58. The van der Waals surface area contributed by atoms with Gasteiger partial charge in [0.1, 0.15) is 0 Å². The molecule has 1 saturated heterocycles. The Balaban J connectivity index is 0.00000261. The number of nitro benzene ring substituents is 1. The first kappa shape index (κ1) is 21.1. The van der Waals surface area contributed by atoms with Gasteiger partial charge in [0.05, 0.1) is 4.92 Å². The highest BCUT2D eigenvalue weighted by Gasteiger charge is 2.25. The monoisotopic (exact) mass is 480 g/mol. The lowest BCUT2D eigenvalue weighted by atomic mass is 9.99. The molecule has 1 aliphatic rings. The average Bonchev–Trinajstić information content (AvgIpc) is 3.11. The van der Waals surface area contributed by atoms with Crippen molar-refractivity contribution < 1.29 is 4.92 Å². The first-order valence-electron chi connectivity index (χ1n) is 8.89. The number of nitro groups is 1. The lowest BCUT2D eigenvalue weighted by Crippen LogP contribution is -2.39. The van der Waals surface area contributed by atoms with Crippen molar-refractivity contribution in [1.82, 2.24) is 10.2 Å². The molecule has 3 rings (SSSR count). The Kier molecular flexibility index (Phi) is 8.02. The highest BCUT2D eigenvalue weighted by molar-refractivity contribution is 14.0. The maximum atomic E-state index is 11.1. The molecular formula is C20H25IN4O2. The fourth-order valence-electron chi connectivity index (χ4n) is 3.48. The van der Waals surface area contributed by atoms with E-state index >= 15 is 0 Å². The van der Waals surface area contributed by atoms with Crippen molar-refractivity contribution >= 4 is 35.6 Å². The van der Waals surface area contributed by atoms with Gasteiger partial charge in [-0.2, -0.15) is 0 Å². The Morgan fingerprint density at radius 2 is 1.93 bits per heavy atom. The fraction of sp³-hybridized carbons (Fsp3) is 0.350. The number of benzene rings is 2. The topological polar surface area (TPSA) is 70.8 Å². The maximum Gasteiger partial charge on any atom is 0.274 e. The van der Waals surface area contributed by atoms with Gasteiger partial charge in [-0.3, -0.25) is 15.1 Å². The van der Waals surface area contributed by atoms with Gasteiger partial charge >= 0.3 is 0 Å². The Bertz CT molecular complexity index is 783. The summed E-state index contributed by atoms with van der Waals surface area (Å²) in [7, 11) is 1.76. The molecule has 0 saturated carbocycles. The molecular weight excluding hydrogens is 455 g/mol. The minimum atomic E-state index is -0.342. The molecule has 7 heteroatoms. The molecule has 0 bridgehead atoms. The Labute approximate surface area is 176 Å². The minimum Gasteiger partial charge on any atom is -0.352 e. The standard InChI is InChI=1S/C20H24N4O2.HI/c1-21-20(22-14-18-9-5-6-10-19(18)24(25)26)23-12-11-17(15-23)13-16-7-3-2-4-8-16;/h2-10,17H,11-15H2,1H3,(H,21,22);1H. The number of nitrogens with zero attached hydrogens (tertiary/aromatic N) is 3. The third-order valence-electron chi connectivity index (χ3n) is 4.79. The number of nitrogens with one attached hydrogen (secondary N) is 1. The number of guanidine groups is 1. The lowest BCUT2D eigenvalue weighted by molar-refractivity contribution is -0.385. The zero-order valence-corrected chi connectivity index (χ0v) is 17.7. The normalized spacial score (nSPS) is 16.7. The molecule has 0 spiro atoms. The van der Waals surface area contributed by atoms with Crippen molar-refractivity contribution in [2.75, 3.05) is 20.1 Å². The van der Waals surface area contributed by atoms with Crippen LogP contribution in [0.4, 0.5) is 5.69 Å². The van der Waals surface area contributed by atoms with E-state index in [1.807, 2.05) is 12.1 Å². The van der Waals surface area contributed by atoms with Gasteiger partial charge < -0.3 is 10.2 Å². The summed E-state index contributed by atoms with van der Waals surface area (Å²) < 4.78 is 0. The lowest BCUT2D eigenvalue weighted by Gasteiger charge is -2.21. The van der Waals surface area contributed by atoms with E-state index in [1.165, 1.54) is 11.6 Å². The summed E-state index contributed by atoms with van der Waals surface area (Å²) in [6, 6.07) is 17.4. The van der Waals surface area contributed by atoms with Crippen LogP contribution in [0.1, 0.15) is 17.5 Å². The Morgan fingerprint density at radius 1 is 1.22 bits per heavy atom. The minimum absolute atomic E-state index is 0. The van der Waals surface area contributed by atoms with Crippen LogP contribution >= 0.6 is 24.0 Å². The summed E-state index contributed by atoms with van der Waals surface area (Å²) in [6.07, 6.45) is 2.19. The van der Waals surface area contributed by atoms with Crippen LogP contribution in [0.15, 0.2) is 59.6 Å². The van der Waals surface area contributed by atoms with Gasteiger partial charge in [0.15, 0.2) is 5.96 Å². The highest BCUT2D eigenvalue weighted by atomic mass is 127. The van der Waals surface area contributed by atoms with E-state index in [9.17, 15) is 10.1 Å². The number of para-hydroxylation sites is 1. The van der Waals surface area contributed by atoms with Crippen LogP contribution in [0.3, 0.4) is 0 Å². The molecule has 27 heavy (non-hydrogen) atoms. The molecule has 6 nitrogen and oxygen atoms in total. The van der Waals surface area contributed by atoms with Crippen LogP contribution in [0.5, 0.6) is 0 Å². The van der Waals surface area contributed by atoms with Gasteiger partial charge in [0.2, 0.25) is 0 Å². The molecule has 2 aromatic carbocycles. The van der Waals surface area contributed by atoms with E-state index in [2.05, 4.69) is 39.5 Å². The van der Waals surface area contributed by atoms with Crippen molar-refractivity contribution in [3.8, 4) is 0 Å². The summed E-state index contributed by atoms with van der Waals surface area (Å²) in [5.41, 5.74) is 2.17. The van der Waals surface area contributed by atoms with Crippen LogP contribution in [0.2, 0.25) is 0 Å². The van der Waals surface area contributed by atoms with E-state index in [4.69, 9.17) is 0 Å². The van der Waals surface area contributed by atoms with Gasteiger partial charge in [-0.1, -0.05) is 48.5 Å². The summed E-state index contributed by atoms with van der Waals surface area (Å²) in [6.45, 7) is 2.29. The van der Waals surface area contributed by atoms with Gasteiger partial charge in [0, 0.05) is 38.3 Å². The molecule has 0 aromatic heterocycles. The first-order chi connectivity index (χ1) is 12.7. The first-order valence-corrected chi connectivity index (χ1v) is 8.89. The predicted molar refractivity (Wildman–Crippen MR) is 119 cm³/mol. The van der Waals surface area contributed by atoms with Crippen molar-refractivity contribution in [2.24, 2.45) is 10.9 Å². The van der Waals surface area contributed by atoms with Gasteiger partial charge in [-0.15, -0.1) is 24.0 Å². The van der Waals surface area contributed by atoms with Crippen molar-refractivity contribution in [2.45, 2.75) is 19.4 Å². The second-order valence-electron chi connectivity index (χ2n) is 6.58. The highest BCUT2D eigenvalue weighted by Crippen LogP contribution is 2.21. The van der Waals surface area contributed by atoms with Crippen LogP contribution in [0, 0.1) is 16.0 Å². The molecule has 0 radical (unpaired) electrons. The molecule has 144 valence electrons. The Hall–Kier alpha value is -2.16. The van der Waals surface area contributed by atoms with E-state index < -0.39 is 0 Å². The third-order valence-corrected chi connectivity index (χ3v) is 4.79. The van der Waals surface area contributed by atoms with E-state index in [-0.39, 0.29) is 34.6 Å². The summed E-state index contributed by atoms with van der Waals surface area (Å²) in [4.78, 5) is 17.4. The molecule has 1 unspecified atom stereocenters. The van der Waals surface area contributed by atoms with Gasteiger partial charge in [-0.05, 0) is 24.3 Å². The number of likely N-dealkylation sites (tertiary alicyclic amines) is 1. The molecule has 0 aliphatic carbocycles. The predicted octanol–water partition coefficient (Wildman–Crippen LogP) is 3.85. The SMILES string of the molecule is CN=C(NCc1ccccc1[N+](=O)[O-])N1CCC(Cc2ccccc2)C1.I. The number of hydrogen-bond donors (Lipinski definition) is 1. The van der Waals surface area contributed by atoms with E-state index in [0.29, 0.717) is 18.0 Å². The zero-order valence-electron chi connectivity index (χ0n) is 15.4. The molecule has 1 aliphatic heterocycles. The zero-order chi connectivity index (χ0) is 18.4. The van der Waals surface area contributed by atoms with Crippen molar-refractivity contribution in [3.05, 3.63) is 75.8 Å². The van der Waals surface area contributed by atoms with Crippen LogP contribution < -0.4 is 5.32 Å². The molecule has 1 fully saturated rings. The third kappa shape index (κ3) is 5.66. The number of aliphatic imine (C=N–C) groups is 1. The number of halogens is 1. The Morgan fingerprint density at radius 3 is 2.63 bits per heavy atom. The number of rotatable bonds is 5. The van der Waals surface area contributed by atoms with Crippen LogP contribution in [-0.4, -0.2) is 35.9 Å². The summed E-state index contributed by atoms with van der Waals surface area (Å²) >= 11 is 0. The summed E-state index contributed by atoms with van der Waals surface area (Å²) in [5.74, 6) is 1.40.